The fourth-order valence-corrected chi connectivity index (χ4v) is 1.26. The molecule has 0 fully saturated rings. The first-order chi connectivity index (χ1) is 6.80. The van der Waals surface area contributed by atoms with Crippen LogP contribution in [0.25, 0.3) is 0 Å². The number of rotatable bonds is 2. The van der Waals surface area contributed by atoms with Gasteiger partial charge in [-0.25, -0.2) is 0 Å². The van der Waals surface area contributed by atoms with Crippen LogP contribution in [-0.2, 0) is 17.4 Å². The zero-order valence-corrected chi connectivity index (χ0v) is 8.06. The van der Waals surface area contributed by atoms with E-state index in [4.69, 9.17) is 5.73 Å². The van der Waals surface area contributed by atoms with E-state index >= 15 is 0 Å². The molecule has 1 aromatic rings. The number of primary amides is 1. The molecule has 5 heteroatoms. The van der Waals surface area contributed by atoms with Crippen LogP contribution in [0, 0.1) is 6.92 Å². The van der Waals surface area contributed by atoms with Crippen molar-refractivity contribution in [2.24, 2.45) is 5.73 Å². The first-order valence-corrected chi connectivity index (χ1v) is 4.25. The Hall–Kier alpha value is -1.52. The van der Waals surface area contributed by atoms with Crippen LogP contribution in [0.3, 0.4) is 0 Å². The Kier molecular flexibility index (Phi) is 3.02. The minimum absolute atomic E-state index is 0.0377. The number of hydrogen-bond acceptors (Lipinski definition) is 1. The minimum Gasteiger partial charge on any atom is -0.369 e. The first-order valence-electron chi connectivity index (χ1n) is 4.25. The number of amides is 1. The Morgan fingerprint density at radius 2 is 2.00 bits per heavy atom. The van der Waals surface area contributed by atoms with Crippen molar-refractivity contribution in [2.75, 3.05) is 0 Å². The van der Waals surface area contributed by atoms with Crippen molar-refractivity contribution in [3.63, 3.8) is 0 Å². The lowest BCUT2D eigenvalue weighted by atomic mass is 10.0. The molecule has 0 saturated heterocycles. The largest absolute Gasteiger partial charge is 0.416 e. The molecule has 0 spiro atoms. The number of carbonyl (C=O) groups is 1. The summed E-state index contributed by atoms with van der Waals surface area (Å²) in [6.45, 7) is 1.52. The van der Waals surface area contributed by atoms with Gasteiger partial charge in [0.25, 0.3) is 0 Å². The number of nitrogens with two attached hydrogens (primary N) is 1. The molecule has 0 unspecified atom stereocenters. The summed E-state index contributed by atoms with van der Waals surface area (Å²) in [5.41, 5.74) is 5.19. The van der Waals surface area contributed by atoms with Gasteiger partial charge in [-0.3, -0.25) is 4.79 Å². The molecule has 0 saturated carbocycles. The van der Waals surface area contributed by atoms with E-state index in [0.717, 1.165) is 12.1 Å². The molecular formula is C10H10F3NO. The maximum Gasteiger partial charge on any atom is 0.416 e. The van der Waals surface area contributed by atoms with E-state index in [0.29, 0.717) is 11.1 Å². The molecule has 1 aromatic carbocycles. The van der Waals surface area contributed by atoms with Crippen molar-refractivity contribution >= 4 is 5.91 Å². The maximum atomic E-state index is 12.3. The Labute approximate surface area is 84.9 Å². The maximum absolute atomic E-state index is 12.3. The average molecular weight is 217 g/mol. The highest BCUT2D eigenvalue weighted by Crippen LogP contribution is 2.30. The summed E-state index contributed by atoms with van der Waals surface area (Å²) in [5, 5.41) is 0. The van der Waals surface area contributed by atoms with Gasteiger partial charge in [-0.1, -0.05) is 6.07 Å². The summed E-state index contributed by atoms with van der Waals surface area (Å²) in [7, 11) is 0. The third-order valence-corrected chi connectivity index (χ3v) is 2.03. The van der Waals surface area contributed by atoms with Crippen molar-refractivity contribution < 1.29 is 18.0 Å². The van der Waals surface area contributed by atoms with E-state index in [1.54, 1.807) is 0 Å². The van der Waals surface area contributed by atoms with Crippen molar-refractivity contribution in [1.29, 1.82) is 0 Å². The number of hydrogen-bond donors (Lipinski definition) is 1. The van der Waals surface area contributed by atoms with Crippen LogP contribution < -0.4 is 5.73 Å². The summed E-state index contributed by atoms with van der Waals surface area (Å²) >= 11 is 0. The second-order valence-corrected chi connectivity index (χ2v) is 3.28. The van der Waals surface area contributed by atoms with Crippen LogP contribution in [0.1, 0.15) is 16.7 Å². The molecule has 0 radical (unpaired) electrons. The molecule has 15 heavy (non-hydrogen) atoms. The molecule has 0 bridgehead atoms. The lowest BCUT2D eigenvalue weighted by molar-refractivity contribution is -0.137. The summed E-state index contributed by atoms with van der Waals surface area (Å²) < 4.78 is 36.8. The molecule has 2 N–H and O–H groups in total. The number of benzene rings is 1. The zero-order valence-electron chi connectivity index (χ0n) is 8.06. The number of carbonyl (C=O) groups excluding carboxylic acids is 1. The summed E-state index contributed by atoms with van der Waals surface area (Å²) in [4.78, 5) is 10.6. The number of alkyl halides is 3. The van der Waals surface area contributed by atoms with Crippen molar-refractivity contribution in [3.05, 3.63) is 34.9 Å². The van der Waals surface area contributed by atoms with Crippen LogP contribution in [0.15, 0.2) is 18.2 Å². The Bertz CT molecular complexity index is 385. The molecule has 0 aromatic heterocycles. The fourth-order valence-electron chi connectivity index (χ4n) is 1.26. The molecule has 0 aliphatic heterocycles. The lowest BCUT2D eigenvalue weighted by Crippen LogP contribution is -2.15. The Balaban J connectivity index is 3.03. The average Bonchev–Trinajstić information content (AvgIpc) is 2.05. The van der Waals surface area contributed by atoms with E-state index in [2.05, 4.69) is 0 Å². The molecular weight excluding hydrogens is 207 g/mol. The molecule has 1 amide bonds. The second kappa shape index (κ2) is 3.92. The Morgan fingerprint density at radius 3 is 2.40 bits per heavy atom. The highest BCUT2D eigenvalue weighted by atomic mass is 19.4. The number of aryl methyl sites for hydroxylation is 1. The van der Waals surface area contributed by atoms with Crippen LogP contribution in [0.5, 0.6) is 0 Å². The van der Waals surface area contributed by atoms with Crippen molar-refractivity contribution in [3.8, 4) is 0 Å². The van der Waals surface area contributed by atoms with Gasteiger partial charge in [0, 0.05) is 0 Å². The van der Waals surface area contributed by atoms with Crippen LogP contribution in [0.4, 0.5) is 13.2 Å². The second-order valence-electron chi connectivity index (χ2n) is 3.28. The van der Waals surface area contributed by atoms with Gasteiger partial charge >= 0.3 is 6.18 Å². The monoisotopic (exact) mass is 217 g/mol. The molecule has 82 valence electrons. The van der Waals surface area contributed by atoms with Gasteiger partial charge in [-0.15, -0.1) is 0 Å². The molecule has 0 heterocycles. The minimum atomic E-state index is -4.35. The smallest absolute Gasteiger partial charge is 0.369 e. The normalized spacial score (nSPS) is 11.5. The summed E-state index contributed by atoms with van der Waals surface area (Å²) in [6, 6.07) is 3.24. The SMILES string of the molecule is Cc1cc(C(F)(F)F)ccc1CC(N)=O. The molecule has 0 aliphatic rings. The molecule has 2 nitrogen and oxygen atoms in total. The first kappa shape index (κ1) is 11.6. The highest BCUT2D eigenvalue weighted by Gasteiger charge is 2.30. The van der Waals surface area contributed by atoms with Gasteiger partial charge in [0.15, 0.2) is 0 Å². The lowest BCUT2D eigenvalue weighted by Gasteiger charge is -2.09. The van der Waals surface area contributed by atoms with E-state index in [9.17, 15) is 18.0 Å². The third kappa shape index (κ3) is 2.97. The summed E-state index contributed by atoms with van der Waals surface area (Å²) in [6.07, 6.45) is -4.39. The van der Waals surface area contributed by atoms with Gasteiger partial charge in [0.2, 0.25) is 5.91 Å². The van der Waals surface area contributed by atoms with E-state index in [-0.39, 0.29) is 6.42 Å². The van der Waals surface area contributed by atoms with E-state index in [1.807, 2.05) is 0 Å². The van der Waals surface area contributed by atoms with E-state index < -0.39 is 17.6 Å². The predicted molar refractivity (Wildman–Crippen MR) is 49.1 cm³/mol. The van der Waals surface area contributed by atoms with Gasteiger partial charge < -0.3 is 5.73 Å². The quantitative estimate of drug-likeness (QED) is 0.809. The standard InChI is InChI=1S/C10H10F3NO/c1-6-4-8(10(11,12)13)3-2-7(6)5-9(14)15/h2-4H,5H2,1H3,(H2,14,15). The van der Waals surface area contributed by atoms with Crippen molar-refractivity contribution in [1.82, 2.24) is 0 Å². The highest BCUT2D eigenvalue weighted by molar-refractivity contribution is 5.77. The van der Waals surface area contributed by atoms with Gasteiger partial charge in [-0.05, 0) is 30.2 Å². The van der Waals surface area contributed by atoms with Crippen LogP contribution in [0.2, 0.25) is 0 Å². The molecule has 0 atom stereocenters. The van der Waals surface area contributed by atoms with Gasteiger partial charge in [0.1, 0.15) is 0 Å². The molecule has 1 rings (SSSR count). The topological polar surface area (TPSA) is 43.1 Å². The number of halogens is 3. The Morgan fingerprint density at radius 1 is 1.40 bits per heavy atom. The van der Waals surface area contributed by atoms with Crippen LogP contribution in [-0.4, -0.2) is 5.91 Å². The predicted octanol–water partition coefficient (Wildman–Crippen LogP) is 2.04. The van der Waals surface area contributed by atoms with Crippen molar-refractivity contribution in [2.45, 2.75) is 19.5 Å². The van der Waals surface area contributed by atoms with Gasteiger partial charge in [-0.2, -0.15) is 13.2 Å². The third-order valence-electron chi connectivity index (χ3n) is 2.03. The molecule has 0 aliphatic carbocycles. The van der Waals surface area contributed by atoms with E-state index in [1.165, 1.54) is 13.0 Å². The van der Waals surface area contributed by atoms with Gasteiger partial charge in [0.05, 0.1) is 12.0 Å². The fraction of sp³-hybridized carbons (Fsp3) is 0.300. The van der Waals surface area contributed by atoms with Crippen LogP contribution >= 0.6 is 0 Å². The zero-order chi connectivity index (χ0) is 11.6. The summed E-state index contributed by atoms with van der Waals surface area (Å²) in [5.74, 6) is -0.558.